The van der Waals surface area contributed by atoms with Gasteiger partial charge >= 0.3 is 8.69 Å². The van der Waals surface area contributed by atoms with Gasteiger partial charge in [0, 0.05) is 12.1 Å². The highest BCUT2D eigenvalue weighted by Crippen LogP contribution is 2.18. The van der Waals surface area contributed by atoms with Crippen molar-refractivity contribution in [1.82, 2.24) is 0 Å². The standard InChI is InChI=1S/C14H13NO4P/c16-15(17)13-7-3-11(4-8-13)1-2-12-5-9-14(10-6-12)19-20-18/h3-10,20H,1-2H2/q+1. The van der Waals surface area contributed by atoms with Crippen LogP contribution in [-0.2, 0) is 17.4 Å². The number of non-ortho nitro benzene ring substituents is 1. The fourth-order valence-corrected chi connectivity index (χ4v) is 2.08. The third kappa shape index (κ3) is 3.87. The predicted molar refractivity (Wildman–Crippen MR) is 76.6 cm³/mol. The first kappa shape index (κ1) is 14.2. The number of hydrogen-bond acceptors (Lipinski definition) is 4. The summed E-state index contributed by atoms with van der Waals surface area (Å²) in [6.45, 7) is 0. The van der Waals surface area contributed by atoms with Crippen LogP contribution in [0.3, 0.4) is 0 Å². The fourth-order valence-electron chi connectivity index (χ4n) is 1.85. The molecule has 0 N–H and O–H groups in total. The molecule has 0 radical (unpaired) electrons. The Hall–Kier alpha value is -2.26. The van der Waals surface area contributed by atoms with E-state index in [1.807, 2.05) is 12.1 Å². The van der Waals surface area contributed by atoms with Crippen molar-refractivity contribution in [2.75, 3.05) is 0 Å². The molecular weight excluding hydrogens is 277 g/mol. The molecule has 6 heteroatoms. The van der Waals surface area contributed by atoms with Gasteiger partial charge in [-0.3, -0.25) is 14.6 Å². The van der Waals surface area contributed by atoms with Crippen LogP contribution in [-0.4, -0.2) is 4.92 Å². The first-order valence-electron chi connectivity index (χ1n) is 6.05. The number of hydrogen-bond donors (Lipinski definition) is 0. The molecule has 1 unspecified atom stereocenters. The van der Waals surface area contributed by atoms with Crippen LogP contribution in [0.25, 0.3) is 0 Å². The molecule has 0 saturated heterocycles. The van der Waals surface area contributed by atoms with Gasteiger partial charge in [-0.2, -0.15) is 0 Å². The Morgan fingerprint density at radius 1 is 0.950 bits per heavy atom. The third-order valence-electron chi connectivity index (χ3n) is 2.93. The van der Waals surface area contributed by atoms with E-state index in [-0.39, 0.29) is 5.69 Å². The minimum Gasteiger partial charge on any atom is -0.258 e. The molecule has 0 fully saturated rings. The molecular formula is C14H13NO4P+. The number of benzene rings is 2. The Labute approximate surface area is 117 Å². The lowest BCUT2D eigenvalue weighted by molar-refractivity contribution is -0.384. The van der Waals surface area contributed by atoms with Crippen LogP contribution in [0.1, 0.15) is 11.1 Å². The SMILES string of the molecule is O=[PH+]Oc1ccc(CCc2ccc([N+](=O)[O-])cc2)cc1. The third-order valence-corrected chi connectivity index (χ3v) is 3.25. The molecule has 2 aromatic rings. The summed E-state index contributed by atoms with van der Waals surface area (Å²) < 4.78 is 15.2. The van der Waals surface area contributed by atoms with Crippen molar-refractivity contribution in [3.63, 3.8) is 0 Å². The highest BCUT2D eigenvalue weighted by Gasteiger charge is 2.04. The lowest BCUT2D eigenvalue weighted by atomic mass is 10.0. The smallest absolute Gasteiger partial charge is 0.258 e. The predicted octanol–water partition coefficient (Wildman–Crippen LogP) is 3.70. The van der Waals surface area contributed by atoms with Gasteiger partial charge in [0.15, 0.2) is 5.75 Å². The minimum absolute atomic E-state index is 0.105. The van der Waals surface area contributed by atoms with E-state index in [9.17, 15) is 14.7 Å². The van der Waals surface area contributed by atoms with Crippen LogP contribution in [0.2, 0.25) is 0 Å². The quantitative estimate of drug-likeness (QED) is 0.462. The summed E-state index contributed by atoms with van der Waals surface area (Å²) in [4.78, 5) is 10.1. The molecule has 20 heavy (non-hydrogen) atoms. The summed E-state index contributed by atoms with van der Waals surface area (Å²) in [7, 11) is -0.798. The largest absolute Gasteiger partial charge is 0.542 e. The number of aryl methyl sites for hydroxylation is 2. The molecule has 0 heterocycles. The zero-order chi connectivity index (χ0) is 14.4. The van der Waals surface area contributed by atoms with Gasteiger partial charge in [-0.25, -0.2) is 0 Å². The molecule has 0 aliphatic heterocycles. The van der Waals surface area contributed by atoms with E-state index in [2.05, 4.69) is 0 Å². The monoisotopic (exact) mass is 290 g/mol. The van der Waals surface area contributed by atoms with Gasteiger partial charge in [-0.15, -0.1) is 0 Å². The first-order chi connectivity index (χ1) is 9.69. The zero-order valence-corrected chi connectivity index (χ0v) is 11.6. The summed E-state index contributed by atoms with van der Waals surface area (Å²) in [5, 5.41) is 10.5. The lowest BCUT2D eigenvalue weighted by Crippen LogP contribution is -1.92. The van der Waals surface area contributed by atoms with Crippen molar-refractivity contribution in [3.8, 4) is 5.75 Å². The van der Waals surface area contributed by atoms with Crippen molar-refractivity contribution in [2.24, 2.45) is 0 Å². The first-order valence-corrected chi connectivity index (χ1v) is 6.87. The van der Waals surface area contributed by atoms with Gasteiger partial charge in [0.25, 0.3) is 5.69 Å². The molecule has 0 aliphatic carbocycles. The zero-order valence-electron chi connectivity index (χ0n) is 10.6. The van der Waals surface area contributed by atoms with E-state index in [1.54, 1.807) is 24.3 Å². The van der Waals surface area contributed by atoms with Gasteiger partial charge in [0.2, 0.25) is 0 Å². The molecule has 0 aliphatic rings. The molecule has 2 aromatic carbocycles. The topological polar surface area (TPSA) is 69.4 Å². The number of rotatable bonds is 6. The highest BCUT2D eigenvalue weighted by molar-refractivity contribution is 7.17. The van der Waals surface area contributed by atoms with Crippen molar-refractivity contribution < 1.29 is 14.0 Å². The average Bonchev–Trinajstić information content (AvgIpc) is 2.47. The summed E-state index contributed by atoms with van der Waals surface area (Å²) in [6, 6.07) is 14.0. The molecule has 0 bridgehead atoms. The molecule has 0 saturated carbocycles. The van der Waals surface area contributed by atoms with Crippen molar-refractivity contribution in [2.45, 2.75) is 12.8 Å². The maximum absolute atomic E-state index is 10.5. The highest BCUT2D eigenvalue weighted by atomic mass is 31.1. The van der Waals surface area contributed by atoms with E-state index < -0.39 is 13.6 Å². The van der Waals surface area contributed by atoms with Gasteiger partial charge in [0.05, 0.1) is 4.92 Å². The maximum atomic E-state index is 10.5. The van der Waals surface area contributed by atoms with E-state index in [0.717, 1.165) is 24.0 Å². The van der Waals surface area contributed by atoms with Gasteiger partial charge in [-0.1, -0.05) is 24.3 Å². The second kappa shape index (κ2) is 6.78. The van der Waals surface area contributed by atoms with Crippen LogP contribution >= 0.6 is 8.69 Å². The Morgan fingerprint density at radius 2 is 1.45 bits per heavy atom. The average molecular weight is 290 g/mol. The Kier molecular flexibility index (Phi) is 4.80. The summed E-state index contributed by atoms with van der Waals surface area (Å²) in [5.41, 5.74) is 2.29. The Balaban J connectivity index is 1.94. The molecule has 0 aromatic heterocycles. The van der Waals surface area contributed by atoms with Crippen molar-refractivity contribution in [1.29, 1.82) is 0 Å². The van der Waals surface area contributed by atoms with Gasteiger partial charge in [-0.05, 0) is 40.7 Å². The summed E-state index contributed by atoms with van der Waals surface area (Å²) >= 11 is 0. The Bertz CT molecular complexity index is 596. The fraction of sp³-hybridized carbons (Fsp3) is 0.143. The van der Waals surface area contributed by atoms with Gasteiger partial charge in [0.1, 0.15) is 0 Å². The second-order valence-corrected chi connectivity index (χ2v) is 4.62. The molecule has 1 atom stereocenters. The Morgan fingerprint density at radius 3 is 1.90 bits per heavy atom. The number of nitro benzene ring substituents is 1. The summed E-state index contributed by atoms with van der Waals surface area (Å²) in [5.74, 6) is 0.581. The normalized spacial score (nSPS) is 10.4. The second-order valence-electron chi connectivity index (χ2n) is 4.25. The van der Waals surface area contributed by atoms with Crippen LogP contribution in [0, 0.1) is 10.1 Å². The molecule has 102 valence electrons. The molecule has 2 rings (SSSR count). The summed E-state index contributed by atoms with van der Waals surface area (Å²) in [6.07, 6.45) is 1.64. The lowest BCUT2D eigenvalue weighted by Gasteiger charge is -2.02. The van der Waals surface area contributed by atoms with E-state index in [0.29, 0.717) is 5.75 Å². The van der Waals surface area contributed by atoms with Crippen molar-refractivity contribution >= 4 is 14.4 Å². The van der Waals surface area contributed by atoms with Crippen LogP contribution in [0.15, 0.2) is 48.5 Å². The van der Waals surface area contributed by atoms with Crippen LogP contribution in [0.5, 0.6) is 5.75 Å². The van der Waals surface area contributed by atoms with E-state index >= 15 is 0 Å². The van der Waals surface area contributed by atoms with E-state index in [4.69, 9.17) is 4.52 Å². The van der Waals surface area contributed by atoms with Crippen LogP contribution < -0.4 is 4.52 Å². The number of nitrogens with zero attached hydrogens (tertiary/aromatic N) is 1. The minimum atomic E-state index is -0.798. The van der Waals surface area contributed by atoms with Crippen LogP contribution in [0.4, 0.5) is 5.69 Å². The molecule has 5 nitrogen and oxygen atoms in total. The van der Waals surface area contributed by atoms with Crippen molar-refractivity contribution in [3.05, 3.63) is 69.8 Å². The maximum Gasteiger partial charge on any atom is 0.542 e. The number of nitro groups is 1. The molecule has 0 amide bonds. The van der Waals surface area contributed by atoms with Gasteiger partial charge < -0.3 is 0 Å². The van der Waals surface area contributed by atoms with E-state index in [1.165, 1.54) is 12.1 Å². The molecule has 0 spiro atoms.